The van der Waals surface area contributed by atoms with Crippen molar-refractivity contribution >= 4 is 23.2 Å². The van der Waals surface area contributed by atoms with Crippen LogP contribution < -0.4 is 0 Å². The van der Waals surface area contributed by atoms with Crippen LogP contribution in [0.2, 0.25) is 10.0 Å². The molecule has 2 heterocycles. The number of alkyl halides is 3. The van der Waals surface area contributed by atoms with E-state index < -0.39 is 11.9 Å². The number of nitrogens with zero attached hydrogens (tertiary/aromatic N) is 3. The van der Waals surface area contributed by atoms with E-state index in [1.165, 1.54) is 11.5 Å². The third-order valence-corrected chi connectivity index (χ3v) is 6.95. The van der Waals surface area contributed by atoms with E-state index in [9.17, 15) is 13.2 Å². The smallest absolute Gasteiger partial charge is 0.434 e. The molecule has 0 radical (unpaired) electrons. The van der Waals surface area contributed by atoms with E-state index in [-0.39, 0.29) is 5.82 Å². The molecular weight excluding hydrogens is 562 g/mol. The molecule has 0 amide bonds. The average Bonchev–Trinajstić information content (AvgIpc) is 3.51. The summed E-state index contributed by atoms with van der Waals surface area (Å²) in [5, 5.41) is 0.794. The molecule has 0 fully saturated rings. The van der Waals surface area contributed by atoms with Gasteiger partial charge in [-0.1, -0.05) is 59.1 Å². The molecular formula is C30H24Cl2F3N3O2. The summed E-state index contributed by atoms with van der Waals surface area (Å²) < 4.78 is 53.6. The molecule has 0 saturated carbocycles. The summed E-state index contributed by atoms with van der Waals surface area (Å²) in [6.07, 6.45) is -3.23. The summed E-state index contributed by atoms with van der Waals surface area (Å²) in [5.74, 6) is 0.929. The normalized spacial score (nSPS) is 11.8. The van der Waals surface area contributed by atoms with E-state index in [0.29, 0.717) is 57.2 Å². The zero-order valence-corrected chi connectivity index (χ0v) is 23.3. The van der Waals surface area contributed by atoms with Crippen LogP contribution in [0, 0.1) is 13.8 Å². The van der Waals surface area contributed by atoms with Gasteiger partial charge in [0.1, 0.15) is 11.5 Å². The van der Waals surface area contributed by atoms with E-state index in [4.69, 9.17) is 37.3 Å². The molecule has 5 nitrogen and oxygen atoms in total. The molecule has 0 bridgehead atoms. The van der Waals surface area contributed by atoms with Crippen LogP contribution in [0.5, 0.6) is 0 Å². The van der Waals surface area contributed by atoms with Crippen LogP contribution in [-0.2, 0) is 17.3 Å². The van der Waals surface area contributed by atoms with Crippen molar-refractivity contribution in [2.75, 3.05) is 13.7 Å². The van der Waals surface area contributed by atoms with Gasteiger partial charge in [0.15, 0.2) is 17.3 Å². The number of benzene rings is 3. The van der Waals surface area contributed by atoms with Crippen molar-refractivity contribution in [2.45, 2.75) is 26.4 Å². The molecule has 40 heavy (non-hydrogen) atoms. The Labute approximate surface area is 239 Å². The number of aryl methyl sites for hydroxylation is 2. The molecule has 0 atom stereocenters. The van der Waals surface area contributed by atoms with Crippen LogP contribution in [0.15, 0.2) is 71.3 Å². The summed E-state index contributed by atoms with van der Waals surface area (Å²) in [7, 11) is 1.57. The number of halogens is 5. The molecule has 0 aliphatic carbocycles. The second kappa shape index (κ2) is 11.1. The van der Waals surface area contributed by atoms with Crippen molar-refractivity contribution in [3.8, 4) is 39.4 Å². The van der Waals surface area contributed by atoms with Crippen LogP contribution in [0.3, 0.4) is 0 Å². The molecule has 0 unspecified atom stereocenters. The van der Waals surface area contributed by atoms with E-state index in [1.54, 1.807) is 31.4 Å². The van der Waals surface area contributed by atoms with Gasteiger partial charge in [0, 0.05) is 35.9 Å². The first-order chi connectivity index (χ1) is 19.0. The predicted octanol–water partition coefficient (Wildman–Crippen LogP) is 8.99. The Balaban J connectivity index is 1.79. The number of aromatic nitrogens is 3. The zero-order chi connectivity index (χ0) is 28.6. The van der Waals surface area contributed by atoms with Gasteiger partial charge in [0.05, 0.1) is 17.3 Å². The van der Waals surface area contributed by atoms with Crippen molar-refractivity contribution in [3.63, 3.8) is 0 Å². The van der Waals surface area contributed by atoms with Gasteiger partial charge in [-0.05, 0) is 55.3 Å². The Hall–Kier alpha value is -3.59. The van der Waals surface area contributed by atoms with Crippen LogP contribution in [0.4, 0.5) is 13.2 Å². The predicted molar refractivity (Wildman–Crippen MR) is 150 cm³/mol. The Bertz CT molecular complexity index is 1690. The summed E-state index contributed by atoms with van der Waals surface area (Å²) >= 11 is 12.7. The lowest BCUT2D eigenvalue weighted by Crippen LogP contribution is -2.05. The maximum Gasteiger partial charge on any atom is 0.434 e. The first-order valence-electron chi connectivity index (χ1n) is 12.3. The minimum atomic E-state index is -4.60. The fourth-order valence-corrected chi connectivity index (χ4v) is 4.99. The van der Waals surface area contributed by atoms with Crippen LogP contribution >= 0.6 is 23.2 Å². The molecule has 5 rings (SSSR count). The number of ether oxygens (including phenoxy) is 1. The lowest BCUT2D eigenvalue weighted by molar-refractivity contribution is -0.141. The van der Waals surface area contributed by atoms with Crippen LogP contribution in [0.25, 0.3) is 39.4 Å². The highest BCUT2D eigenvalue weighted by molar-refractivity contribution is 6.36. The molecule has 0 N–H and O–H groups in total. The summed E-state index contributed by atoms with van der Waals surface area (Å²) in [6, 6.07) is 18.5. The van der Waals surface area contributed by atoms with Crippen LogP contribution in [-0.4, -0.2) is 28.3 Å². The average molecular weight is 586 g/mol. The van der Waals surface area contributed by atoms with Crippen molar-refractivity contribution in [2.24, 2.45) is 0 Å². The lowest BCUT2D eigenvalue weighted by atomic mass is 9.97. The van der Waals surface area contributed by atoms with E-state index in [0.717, 1.165) is 22.9 Å². The Morgan fingerprint density at radius 2 is 1.70 bits per heavy atom. The maximum absolute atomic E-state index is 13.6. The number of oxazole rings is 1. The Morgan fingerprint density at radius 3 is 2.38 bits per heavy atom. The van der Waals surface area contributed by atoms with Gasteiger partial charge in [0.25, 0.3) is 0 Å². The summed E-state index contributed by atoms with van der Waals surface area (Å²) in [6.45, 7) is 3.88. The molecule has 3 aromatic carbocycles. The van der Waals surface area contributed by atoms with Gasteiger partial charge in [-0.25, -0.2) is 9.97 Å². The first kappa shape index (κ1) is 28.0. The number of hydrogen-bond acceptors (Lipinski definition) is 4. The standard InChI is InChI=1S/C30H24Cl2F3N3O2/c1-17-5-4-6-19(13-17)20-7-10-25(38-16-26(30(33,34)35)36-18(38)2)23(14-20)28-29(40-27(37-28)11-12-39-3)22-9-8-21(31)15-24(22)32/h4-10,13-16H,11-12H2,1-3H3. The maximum atomic E-state index is 13.6. The molecule has 0 aliphatic rings. The first-order valence-corrected chi connectivity index (χ1v) is 13.1. The molecule has 0 aliphatic heterocycles. The fraction of sp³-hybridized carbons (Fsp3) is 0.200. The topological polar surface area (TPSA) is 53.1 Å². The number of rotatable bonds is 7. The van der Waals surface area contributed by atoms with Crippen molar-refractivity contribution in [3.05, 3.63) is 99.9 Å². The number of methoxy groups -OCH3 is 1. The molecule has 206 valence electrons. The number of imidazole rings is 1. The van der Waals surface area contributed by atoms with Gasteiger partial charge >= 0.3 is 6.18 Å². The Morgan fingerprint density at radius 1 is 0.925 bits per heavy atom. The van der Waals surface area contributed by atoms with Crippen molar-refractivity contribution in [1.82, 2.24) is 14.5 Å². The fourth-order valence-electron chi connectivity index (χ4n) is 4.49. The molecule has 0 spiro atoms. The third-order valence-electron chi connectivity index (χ3n) is 6.40. The highest BCUT2D eigenvalue weighted by Crippen LogP contribution is 2.42. The van der Waals surface area contributed by atoms with E-state index in [2.05, 4.69) is 4.98 Å². The van der Waals surface area contributed by atoms with Gasteiger partial charge < -0.3 is 13.7 Å². The Kier molecular flexibility index (Phi) is 7.77. The second-order valence-corrected chi connectivity index (χ2v) is 10.1. The van der Waals surface area contributed by atoms with Crippen LogP contribution in [0.1, 0.15) is 23.0 Å². The quantitative estimate of drug-likeness (QED) is 0.191. The van der Waals surface area contributed by atoms with E-state index >= 15 is 0 Å². The minimum absolute atomic E-state index is 0.172. The molecule has 0 saturated heterocycles. The highest BCUT2D eigenvalue weighted by atomic mass is 35.5. The lowest BCUT2D eigenvalue weighted by Gasteiger charge is -2.14. The molecule has 2 aromatic heterocycles. The highest BCUT2D eigenvalue weighted by Gasteiger charge is 2.35. The molecule has 5 aromatic rings. The minimum Gasteiger partial charge on any atom is -0.440 e. The van der Waals surface area contributed by atoms with Gasteiger partial charge in [-0.15, -0.1) is 0 Å². The monoisotopic (exact) mass is 585 g/mol. The van der Waals surface area contributed by atoms with Gasteiger partial charge in [-0.2, -0.15) is 13.2 Å². The van der Waals surface area contributed by atoms with Crippen molar-refractivity contribution in [1.29, 1.82) is 0 Å². The zero-order valence-electron chi connectivity index (χ0n) is 21.8. The van der Waals surface area contributed by atoms with Gasteiger partial charge in [0.2, 0.25) is 0 Å². The number of hydrogen-bond donors (Lipinski definition) is 0. The third kappa shape index (κ3) is 5.66. The summed E-state index contributed by atoms with van der Waals surface area (Å²) in [5.41, 5.74) is 3.84. The van der Waals surface area contributed by atoms with E-state index in [1.807, 2.05) is 43.3 Å². The van der Waals surface area contributed by atoms with Gasteiger partial charge in [-0.3, -0.25) is 0 Å². The summed E-state index contributed by atoms with van der Waals surface area (Å²) in [4.78, 5) is 8.56. The SMILES string of the molecule is COCCc1nc(-c2cc(-c3cccc(C)c3)ccc2-n2cc(C(F)(F)F)nc2C)c(-c2ccc(Cl)cc2Cl)o1. The molecule has 10 heteroatoms. The largest absolute Gasteiger partial charge is 0.440 e. The van der Waals surface area contributed by atoms with Crippen molar-refractivity contribution < 1.29 is 22.3 Å². The second-order valence-electron chi connectivity index (χ2n) is 9.29.